The van der Waals surface area contributed by atoms with E-state index in [-0.39, 0.29) is 11.5 Å². The van der Waals surface area contributed by atoms with Crippen molar-refractivity contribution in [3.05, 3.63) is 87.9 Å². The van der Waals surface area contributed by atoms with Crippen LogP contribution in [0.4, 0.5) is 0 Å². The molecule has 0 radical (unpaired) electrons. The van der Waals surface area contributed by atoms with Gasteiger partial charge in [0.05, 0.1) is 17.7 Å². The molecule has 3 aromatic carbocycles. The number of nitrogens with zero attached hydrogens (tertiary/aromatic N) is 1. The van der Waals surface area contributed by atoms with E-state index in [9.17, 15) is 8.42 Å². The lowest BCUT2D eigenvalue weighted by molar-refractivity contribution is 0.269. The van der Waals surface area contributed by atoms with Crippen LogP contribution in [0.2, 0.25) is 10.0 Å². The zero-order valence-electron chi connectivity index (χ0n) is 16.6. The molecule has 0 heterocycles. The Kier molecular flexibility index (Phi) is 7.79. The summed E-state index contributed by atoms with van der Waals surface area (Å²) in [6.45, 7) is 2.44. The van der Waals surface area contributed by atoms with Crippen LogP contribution in [0.1, 0.15) is 18.1 Å². The molecule has 0 spiro atoms. The highest BCUT2D eigenvalue weighted by molar-refractivity contribution is 7.89. The summed E-state index contributed by atoms with van der Waals surface area (Å²) in [6, 6.07) is 18.4. The van der Waals surface area contributed by atoms with Crippen LogP contribution >= 0.6 is 23.2 Å². The van der Waals surface area contributed by atoms with Crippen molar-refractivity contribution >= 4 is 39.4 Å². The van der Waals surface area contributed by atoms with Gasteiger partial charge in [0, 0.05) is 15.6 Å². The van der Waals surface area contributed by atoms with Gasteiger partial charge in [-0.2, -0.15) is 13.5 Å². The minimum absolute atomic E-state index is 0.129. The van der Waals surface area contributed by atoms with Crippen LogP contribution in [-0.4, -0.2) is 21.2 Å². The van der Waals surface area contributed by atoms with Crippen LogP contribution in [0.5, 0.6) is 11.5 Å². The summed E-state index contributed by atoms with van der Waals surface area (Å²) < 4.78 is 36.0. The zero-order chi connectivity index (χ0) is 22.3. The molecule has 3 aromatic rings. The average Bonchev–Trinajstić information content (AvgIpc) is 2.75. The molecule has 0 aliphatic rings. The first-order valence-electron chi connectivity index (χ1n) is 9.33. The molecule has 0 saturated carbocycles. The second-order valence-corrected chi connectivity index (χ2v) is 8.77. The van der Waals surface area contributed by atoms with E-state index < -0.39 is 10.0 Å². The normalized spacial score (nSPS) is 11.5. The highest BCUT2D eigenvalue weighted by Gasteiger charge is 2.12. The third kappa shape index (κ3) is 6.13. The lowest BCUT2D eigenvalue weighted by Gasteiger charge is -2.14. The zero-order valence-corrected chi connectivity index (χ0v) is 18.9. The van der Waals surface area contributed by atoms with Gasteiger partial charge in [-0.25, -0.2) is 4.83 Å². The molecule has 0 fully saturated rings. The molecule has 6 nitrogen and oxygen atoms in total. The molecule has 0 saturated heterocycles. The predicted molar refractivity (Wildman–Crippen MR) is 123 cm³/mol. The second kappa shape index (κ2) is 10.5. The van der Waals surface area contributed by atoms with Crippen molar-refractivity contribution in [3.63, 3.8) is 0 Å². The van der Waals surface area contributed by atoms with Crippen LogP contribution in [0.15, 0.2) is 76.7 Å². The standard InChI is InChI=1S/C22H20Cl2N2O4S/c1-2-29-22-13-16(14-25-26-31(27,28)17-7-4-3-5-8-17)11-12-21(22)30-15-18-19(23)9-6-10-20(18)24/h3-14,26H,2,15H2,1H3. The Balaban J connectivity index is 1.73. The summed E-state index contributed by atoms with van der Waals surface area (Å²) in [7, 11) is -3.74. The van der Waals surface area contributed by atoms with Gasteiger partial charge in [-0.1, -0.05) is 47.5 Å². The number of halogens is 2. The number of hydrogen-bond donors (Lipinski definition) is 1. The van der Waals surface area contributed by atoms with Crippen molar-refractivity contribution in [2.24, 2.45) is 5.10 Å². The fourth-order valence-corrected chi connectivity index (χ4v) is 3.95. The molecule has 0 aliphatic heterocycles. The fraction of sp³-hybridized carbons (Fsp3) is 0.136. The fourth-order valence-electron chi connectivity index (χ4n) is 2.64. The Bertz CT molecular complexity index is 1150. The topological polar surface area (TPSA) is 77.0 Å². The van der Waals surface area contributed by atoms with Gasteiger partial charge in [-0.3, -0.25) is 0 Å². The van der Waals surface area contributed by atoms with E-state index in [4.69, 9.17) is 32.7 Å². The molecule has 1 N–H and O–H groups in total. The largest absolute Gasteiger partial charge is 0.490 e. The van der Waals surface area contributed by atoms with Crippen LogP contribution in [-0.2, 0) is 16.6 Å². The van der Waals surface area contributed by atoms with Crippen molar-refractivity contribution in [1.29, 1.82) is 0 Å². The molecule has 0 atom stereocenters. The molecule has 0 unspecified atom stereocenters. The Hall–Kier alpha value is -2.74. The summed E-state index contributed by atoms with van der Waals surface area (Å²) in [4.78, 5) is 2.32. The minimum atomic E-state index is -3.74. The molecule has 3 rings (SSSR count). The van der Waals surface area contributed by atoms with Crippen molar-refractivity contribution in [1.82, 2.24) is 4.83 Å². The third-order valence-corrected chi connectivity index (χ3v) is 6.09. The molecule has 0 amide bonds. The summed E-state index contributed by atoms with van der Waals surface area (Å²) in [5, 5.41) is 4.87. The molecule has 9 heteroatoms. The van der Waals surface area contributed by atoms with E-state index in [1.165, 1.54) is 18.3 Å². The van der Waals surface area contributed by atoms with E-state index in [0.717, 1.165) is 0 Å². The SMILES string of the molecule is CCOc1cc(C=NNS(=O)(=O)c2ccccc2)ccc1OCc1c(Cl)cccc1Cl. The molecule has 0 aromatic heterocycles. The summed E-state index contributed by atoms with van der Waals surface area (Å²) in [5.74, 6) is 0.986. The number of sulfonamides is 1. The number of hydrogen-bond acceptors (Lipinski definition) is 5. The van der Waals surface area contributed by atoms with Gasteiger partial charge >= 0.3 is 0 Å². The van der Waals surface area contributed by atoms with E-state index >= 15 is 0 Å². The molecular formula is C22H20Cl2N2O4S. The highest BCUT2D eigenvalue weighted by atomic mass is 35.5. The Morgan fingerprint density at radius 2 is 1.65 bits per heavy atom. The van der Waals surface area contributed by atoms with Crippen LogP contribution in [0.3, 0.4) is 0 Å². The first kappa shape index (κ1) is 22.9. The lowest BCUT2D eigenvalue weighted by atomic mass is 10.2. The molecule has 0 aliphatic carbocycles. The molecular weight excluding hydrogens is 459 g/mol. The summed E-state index contributed by atoms with van der Waals surface area (Å²) >= 11 is 12.4. The van der Waals surface area contributed by atoms with E-state index in [1.54, 1.807) is 54.6 Å². The average molecular weight is 479 g/mol. The molecule has 31 heavy (non-hydrogen) atoms. The number of benzene rings is 3. The van der Waals surface area contributed by atoms with Crippen molar-refractivity contribution in [2.45, 2.75) is 18.4 Å². The Morgan fingerprint density at radius 3 is 2.32 bits per heavy atom. The third-order valence-electron chi connectivity index (χ3n) is 4.14. The number of ether oxygens (including phenoxy) is 2. The Morgan fingerprint density at radius 1 is 0.935 bits per heavy atom. The van der Waals surface area contributed by atoms with Gasteiger partial charge in [0.25, 0.3) is 10.0 Å². The maximum absolute atomic E-state index is 12.2. The monoisotopic (exact) mass is 478 g/mol. The van der Waals surface area contributed by atoms with Crippen LogP contribution in [0, 0.1) is 0 Å². The van der Waals surface area contributed by atoms with Gasteiger partial charge in [-0.05, 0) is 55.0 Å². The molecule has 162 valence electrons. The smallest absolute Gasteiger partial charge is 0.276 e. The maximum atomic E-state index is 12.2. The van der Waals surface area contributed by atoms with Gasteiger partial charge in [0.2, 0.25) is 0 Å². The second-order valence-electron chi connectivity index (χ2n) is 6.29. The Labute approximate surface area is 191 Å². The summed E-state index contributed by atoms with van der Waals surface area (Å²) in [6.07, 6.45) is 1.39. The number of rotatable bonds is 9. The first-order chi connectivity index (χ1) is 14.9. The van der Waals surface area contributed by atoms with Gasteiger partial charge in [-0.15, -0.1) is 0 Å². The van der Waals surface area contributed by atoms with Gasteiger partial charge in [0.1, 0.15) is 6.61 Å². The van der Waals surface area contributed by atoms with Gasteiger partial charge in [0.15, 0.2) is 11.5 Å². The predicted octanol–water partition coefficient (Wildman–Crippen LogP) is 5.28. The van der Waals surface area contributed by atoms with Crippen LogP contribution < -0.4 is 14.3 Å². The highest BCUT2D eigenvalue weighted by Crippen LogP contribution is 2.31. The lowest BCUT2D eigenvalue weighted by Crippen LogP contribution is -2.18. The van der Waals surface area contributed by atoms with E-state index in [1.807, 2.05) is 6.92 Å². The molecule has 0 bridgehead atoms. The van der Waals surface area contributed by atoms with Crippen molar-refractivity contribution in [3.8, 4) is 11.5 Å². The summed E-state index contributed by atoms with van der Waals surface area (Å²) in [5.41, 5.74) is 1.30. The number of hydrazone groups is 1. The van der Waals surface area contributed by atoms with Crippen molar-refractivity contribution in [2.75, 3.05) is 6.61 Å². The quantitative estimate of drug-likeness (QED) is 0.335. The van der Waals surface area contributed by atoms with E-state index in [2.05, 4.69) is 9.93 Å². The number of nitrogens with one attached hydrogen (secondary N) is 1. The van der Waals surface area contributed by atoms with Gasteiger partial charge < -0.3 is 9.47 Å². The maximum Gasteiger partial charge on any atom is 0.276 e. The van der Waals surface area contributed by atoms with Crippen LogP contribution in [0.25, 0.3) is 0 Å². The minimum Gasteiger partial charge on any atom is -0.490 e. The first-order valence-corrected chi connectivity index (χ1v) is 11.6. The van der Waals surface area contributed by atoms with E-state index in [0.29, 0.717) is 39.3 Å². The van der Waals surface area contributed by atoms with Crippen molar-refractivity contribution < 1.29 is 17.9 Å².